The van der Waals surface area contributed by atoms with Crippen molar-refractivity contribution < 1.29 is 19.2 Å². The van der Waals surface area contributed by atoms with E-state index in [2.05, 4.69) is 5.32 Å². The molecule has 1 heterocycles. The van der Waals surface area contributed by atoms with Gasteiger partial charge in [0, 0.05) is 29.4 Å². The fraction of sp³-hybridized carbons (Fsp3) is 0.391. The standard InChI is InChI=1S/C23H27N3O5/c1-14(2)12-25-19-11-17(8-9-20(19)31-13-23(4,5)22(25)28)24-21(27)16-7-6-15(3)18(10-16)26(29)30/h6-11,14H,12-13H2,1-5H3,(H,24,27). The third-order valence-electron chi connectivity index (χ3n) is 5.14. The monoisotopic (exact) mass is 425 g/mol. The molecule has 0 spiro atoms. The molecule has 164 valence electrons. The lowest BCUT2D eigenvalue weighted by Crippen LogP contribution is -2.43. The number of nitrogens with zero attached hydrogens (tertiary/aromatic N) is 2. The highest BCUT2D eigenvalue weighted by Crippen LogP contribution is 2.38. The summed E-state index contributed by atoms with van der Waals surface area (Å²) < 4.78 is 5.90. The van der Waals surface area contributed by atoms with Gasteiger partial charge in [-0.25, -0.2) is 0 Å². The van der Waals surface area contributed by atoms with Gasteiger partial charge in [-0.2, -0.15) is 0 Å². The summed E-state index contributed by atoms with van der Waals surface area (Å²) in [5.41, 5.74) is 0.930. The quantitative estimate of drug-likeness (QED) is 0.559. The molecule has 2 aromatic rings. The Morgan fingerprint density at radius 3 is 2.61 bits per heavy atom. The van der Waals surface area contributed by atoms with Crippen molar-refractivity contribution in [3.05, 3.63) is 57.6 Å². The SMILES string of the molecule is Cc1ccc(C(=O)Nc2ccc3c(c2)N(CC(C)C)C(=O)C(C)(C)CO3)cc1[N+](=O)[O-]. The number of carbonyl (C=O) groups is 2. The fourth-order valence-corrected chi connectivity index (χ4v) is 3.42. The van der Waals surface area contributed by atoms with E-state index in [9.17, 15) is 19.7 Å². The van der Waals surface area contributed by atoms with Gasteiger partial charge in [-0.1, -0.05) is 19.9 Å². The zero-order valence-corrected chi connectivity index (χ0v) is 18.4. The molecule has 0 aromatic heterocycles. The summed E-state index contributed by atoms with van der Waals surface area (Å²) in [4.78, 5) is 38.2. The number of aryl methyl sites for hydroxylation is 1. The summed E-state index contributed by atoms with van der Waals surface area (Å²) in [5.74, 6) is 0.290. The summed E-state index contributed by atoms with van der Waals surface area (Å²) >= 11 is 0. The Morgan fingerprint density at radius 1 is 1.26 bits per heavy atom. The summed E-state index contributed by atoms with van der Waals surface area (Å²) in [6.07, 6.45) is 0. The van der Waals surface area contributed by atoms with Crippen molar-refractivity contribution in [3.8, 4) is 5.75 Å². The van der Waals surface area contributed by atoms with Crippen LogP contribution in [0.1, 0.15) is 43.6 Å². The van der Waals surface area contributed by atoms with Gasteiger partial charge in [-0.05, 0) is 51.0 Å². The van der Waals surface area contributed by atoms with Gasteiger partial charge in [0.1, 0.15) is 12.4 Å². The fourth-order valence-electron chi connectivity index (χ4n) is 3.42. The minimum absolute atomic E-state index is 0.0439. The number of hydrogen-bond acceptors (Lipinski definition) is 5. The van der Waals surface area contributed by atoms with Crippen LogP contribution < -0.4 is 15.0 Å². The molecule has 0 unspecified atom stereocenters. The minimum Gasteiger partial charge on any atom is -0.490 e. The molecule has 0 bridgehead atoms. The number of carbonyl (C=O) groups excluding carboxylic acids is 2. The average Bonchev–Trinajstić information content (AvgIpc) is 2.78. The molecule has 0 radical (unpaired) electrons. The van der Waals surface area contributed by atoms with Gasteiger partial charge in [0.05, 0.1) is 16.0 Å². The van der Waals surface area contributed by atoms with Gasteiger partial charge in [0.25, 0.3) is 11.6 Å². The molecule has 0 saturated carbocycles. The zero-order valence-electron chi connectivity index (χ0n) is 18.4. The van der Waals surface area contributed by atoms with Crippen LogP contribution in [0.25, 0.3) is 0 Å². The van der Waals surface area contributed by atoms with Crippen molar-refractivity contribution in [1.82, 2.24) is 0 Å². The number of benzene rings is 2. The molecule has 8 heteroatoms. The molecule has 2 amide bonds. The molecule has 31 heavy (non-hydrogen) atoms. The molecule has 0 saturated heterocycles. The van der Waals surface area contributed by atoms with Crippen LogP contribution in [0.15, 0.2) is 36.4 Å². The van der Waals surface area contributed by atoms with Gasteiger partial charge < -0.3 is 15.0 Å². The Hall–Kier alpha value is -3.42. The number of amides is 2. The largest absolute Gasteiger partial charge is 0.490 e. The molecule has 1 N–H and O–H groups in total. The smallest absolute Gasteiger partial charge is 0.273 e. The van der Waals surface area contributed by atoms with Crippen LogP contribution >= 0.6 is 0 Å². The number of anilines is 2. The number of nitro groups is 1. The van der Waals surface area contributed by atoms with E-state index in [1.54, 1.807) is 42.2 Å². The molecule has 0 atom stereocenters. The van der Waals surface area contributed by atoms with Crippen LogP contribution in [-0.2, 0) is 4.79 Å². The predicted octanol–water partition coefficient (Wildman–Crippen LogP) is 4.56. The van der Waals surface area contributed by atoms with Gasteiger partial charge >= 0.3 is 0 Å². The van der Waals surface area contributed by atoms with Crippen molar-refractivity contribution in [1.29, 1.82) is 0 Å². The average molecular weight is 425 g/mol. The van der Waals surface area contributed by atoms with Gasteiger partial charge in [-0.3, -0.25) is 19.7 Å². The van der Waals surface area contributed by atoms with E-state index in [0.717, 1.165) is 0 Å². The lowest BCUT2D eigenvalue weighted by molar-refractivity contribution is -0.385. The second-order valence-electron chi connectivity index (χ2n) is 8.88. The Balaban J connectivity index is 1.94. The lowest BCUT2D eigenvalue weighted by Gasteiger charge is -2.29. The molecule has 3 rings (SSSR count). The first-order chi connectivity index (χ1) is 14.5. The van der Waals surface area contributed by atoms with Crippen LogP contribution in [0.5, 0.6) is 5.75 Å². The Kier molecular flexibility index (Phi) is 6.01. The highest BCUT2D eigenvalue weighted by atomic mass is 16.6. The minimum atomic E-state index is -0.682. The number of ether oxygens (including phenoxy) is 1. The molecule has 2 aromatic carbocycles. The van der Waals surface area contributed by atoms with E-state index in [-0.39, 0.29) is 29.7 Å². The number of hydrogen-bond donors (Lipinski definition) is 1. The second-order valence-corrected chi connectivity index (χ2v) is 8.88. The number of rotatable bonds is 5. The molecule has 1 aliphatic heterocycles. The van der Waals surface area contributed by atoms with Crippen molar-refractivity contribution >= 4 is 28.9 Å². The molecule has 1 aliphatic rings. The van der Waals surface area contributed by atoms with Crippen LogP contribution in [0.2, 0.25) is 0 Å². The maximum atomic E-state index is 13.1. The van der Waals surface area contributed by atoms with E-state index < -0.39 is 16.2 Å². The van der Waals surface area contributed by atoms with Gasteiger partial charge in [0.15, 0.2) is 0 Å². The van der Waals surface area contributed by atoms with Crippen LogP contribution in [0.4, 0.5) is 17.1 Å². The highest BCUT2D eigenvalue weighted by Gasteiger charge is 2.38. The Morgan fingerprint density at radius 2 is 1.97 bits per heavy atom. The first-order valence-electron chi connectivity index (χ1n) is 10.1. The van der Waals surface area contributed by atoms with Crippen molar-refractivity contribution in [2.45, 2.75) is 34.6 Å². The molecule has 0 fully saturated rings. The first kappa shape index (κ1) is 22.3. The van der Waals surface area contributed by atoms with E-state index >= 15 is 0 Å². The van der Waals surface area contributed by atoms with Gasteiger partial charge in [-0.15, -0.1) is 0 Å². The van der Waals surface area contributed by atoms with Crippen LogP contribution in [0.3, 0.4) is 0 Å². The van der Waals surface area contributed by atoms with E-state index in [1.807, 2.05) is 27.7 Å². The third-order valence-corrected chi connectivity index (χ3v) is 5.14. The third kappa shape index (κ3) is 4.68. The topological polar surface area (TPSA) is 102 Å². The molecule has 8 nitrogen and oxygen atoms in total. The summed E-state index contributed by atoms with van der Waals surface area (Å²) in [7, 11) is 0. The first-order valence-corrected chi connectivity index (χ1v) is 10.1. The zero-order chi connectivity index (χ0) is 22.9. The maximum absolute atomic E-state index is 13.1. The molecular weight excluding hydrogens is 398 g/mol. The Labute approximate surface area is 181 Å². The Bertz CT molecular complexity index is 1050. The van der Waals surface area contributed by atoms with Crippen LogP contribution in [-0.4, -0.2) is 29.9 Å². The molecular formula is C23H27N3O5. The maximum Gasteiger partial charge on any atom is 0.273 e. The number of nitro benzene ring substituents is 1. The predicted molar refractivity (Wildman–Crippen MR) is 119 cm³/mol. The summed E-state index contributed by atoms with van der Waals surface area (Å²) in [6, 6.07) is 9.47. The normalized spacial score (nSPS) is 15.2. The van der Waals surface area contributed by atoms with E-state index in [4.69, 9.17) is 4.74 Å². The summed E-state index contributed by atoms with van der Waals surface area (Å²) in [5, 5.41) is 13.9. The van der Waals surface area contributed by atoms with Crippen molar-refractivity contribution in [3.63, 3.8) is 0 Å². The van der Waals surface area contributed by atoms with E-state index in [1.165, 1.54) is 6.07 Å². The highest BCUT2D eigenvalue weighted by molar-refractivity contribution is 6.06. The second kappa shape index (κ2) is 8.37. The number of nitrogens with one attached hydrogen (secondary N) is 1. The number of fused-ring (bicyclic) bond motifs is 1. The van der Waals surface area contributed by atoms with Crippen molar-refractivity contribution in [2.75, 3.05) is 23.4 Å². The van der Waals surface area contributed by atoms with Crippen molar-refractivity contribution in [2.24, 2.45) is 11.3 Å². The summed E-state index contributed by atoms with van der Waals surface area (Å²) in [6.45, 7) is 10.1. The molecule has 0 aliphatic carbocycles. The van der Waals surface area contributed by atoms with E-state index in [0.29, 0.717) is 29.2 Å². The lowest BCUT2D eigenvalue weighted by atomic mass is 9.92. The van der Waals surface area contributed by atoms with Crippen LogP contribution in [0, 0.1) is 28.4 Å². The van der Waals surface area contributed by atoms with Gasteiger partial charge in [0.2, 0.25) is 5.91 Å².